The summed E-state index contributed by atoms with van der Waals surface area (Å²) in [7, 11) is 3.25. The first-order valence-corrected chi connectivity index (χ1v) is 9.64. The molecule has 1 N–H and O–H groups in total. The van der Waals surface area contributed by atoms with Crippen LogP contribution >= 0.6 is 0 Å². The Kier molecular flexibility index (Phi) is 6.08. The molecule has 29 heavy (non-hydrogen) atoms. The summed E-state index contributed by atoms with van der Waals surface area (Å²) in [5.74, 6) is 3.37. The minimum absolute atomic E-state index is 0.0285. The Labute approximate surface area is 170 Å². The van der Waals surface area contributed by atoms with E-state index in [1.165, 1.54) is 0 Å². The van der Waals surface area contributed by atoms with Gasteiger partial charge in [0.1, 0.15) is 0 Å². The number of methoxy groups -OCH3 is 1. The lowest BCUT2D eigenvalue weighted by atomic mass is 9.84. The molecule has 3 aliphatic heterocycles. The van der Waals surface area contributed by atoms with Crippen LogP contribution in [0.1, 0.15) is 11.1 Å². The van der Waals surface area contributed by atoms with E-state index in [-0.39, 0.29) is 25.4 Å². The fourth-order valence-corrected chi connectivity index (χ4v) is 3.89. The van der Waals surface area contributed by atoms with Gasteiger partial charge in [0.2, 0.25) is 13.6 Å². The van der Waals surface area contributed by atoms with Gasteiger partial charge in [-0.3, -0.25) is 0 Å². The molecule has 3 aliphatic rings. The lowest BCUT2D eigenvalue weighted by molar-refractivity contribution is -0.0820. The molecule has 0 bridgehead atoms. The molecule has 3 unspecified atom stereocenters. The topological polar surface area (TPSA) is 75.6 Å². The molecule has 0 spiro atoms. The molecule has 0 aliphatic carbocycles. The maximum Gasteiger partial charge on any atom is 0.231 e. The standard InChI is InChI=1S/C20H20O6.C2H6O/c21-20-15(6-13-2-4-17-19(8-13)26-11-24-17)14(9-22-20)5-12-1-3-16-18(7-12)25-10-23-16;1-3-2/h1-4,7-8,14-15,20-21H,5-6,9-11H2;1-2H3. The average Bonchev–Trinajstić information content (AvgIpc) is 3.44. The second-order valence-electron chi connectivity index (χ2n) is 7.34. The van der Waals surface area contributed by atoms with Gasteiger partial charge >= 0.3 is 0 Å². The van der Waals surface area contributed by atoms with Crippen LogP contribution in [0.4, 0.5) is 0 Å². The number of benzene rings is 2. The van der Waals surface area contributed by atoms with Crippen molar-refractivity contribution in [2.75, 3.05) is 34.4 Å². The second-order valence-corrected chi connectivity index (χ2v) is 7.34. The summed E-state index contributed by atoms with van der Waals surface area (Å²) in [5, 5.41) is 10.3. The predicted octanol–water partition coefficient (Wildman–Crippen LogP) is 2.77. The molecule has 0 radical (unpaired) electrons. The third-order valence-electron chi connectivity index (χ3n) is 5.30. The summed E-state index contributed by atoms with van der Waals surface area (Å²) >= 11 is 0. The zero-order valence-electron chi connectivity index (χ0n) is 16.6. The van der Waals surface area contributed by atoms with Crippen LogP contribution in [0.15, 0.2) is 36.4 Å². The molecule has 3 atom stereocenters. The summed E-state index contributed by atoms with van der Waals surface area (Å²) in [6, 6.07) is 11.9. The first-order valence-electron chi connectivity index (χ1n) is 9.64. The molecular formula is C22H26O7. The normalized spacial score (nSPS) is 23.6. The van der Waals surface area contributed by atoms with E-state index in [2.05, 4.69) is 10.8 Å². The van der Waals surface area contributed by atoms with Crippen molar-refractivity contribution in [3.63, 3.8) is 0 Å². The van der Waals surface area contributed by atoms with Gasteiger partial charge in [0.25, 0.3) is 0 Å². The van der Waals surface area contributed by atoms with Crippen LogP contribution < -0.4 is 18.9 Å². The third-order valence-corrected chi connectivity index (χ3v) is 5.30. The van der Waals surface area contributed by atoms with E-state index in [0.717, 1.165) is 47.0 Å². The maximum atomic E-state index is 10.3. The van der Waals surface area contributed by atoms with Gasteiger partial charge in [-0.25, -0.2) is 0 Å². The van der Waals surface area contributed by atoms with Crippen molar-refractivity contribution < 1.29 is 33.5 Å². The molecule has 3 heterocycles. The number of ether oxygens (including phenoxy) is 6. The van der Waals surface area contributed by atoms with Crippen molar-refractivity contribution in [2.45, 2.75) is 19.1 Å². The lowest BCUT2D eigenvalue weighted by Crippen LogP contribution is -2.24. The summed E-state index contributed by atoms with van der Waals surface area (Å²) in [5.41, 5.74) is 2.27. The van der Waals surface area contributed by atoms with Gasteiger partial charge in [0.05, 0.1) is 6.61 Å². The Bertz CT molecular complexity index is 838. The predicted molar refractivity (Wildman–Crippen MR) is 104 cm³/mol. The Hall–Kier alpha value is -2.48. The number of hydrogen-bond donors (Lipinski definition) is 1. The van der Waals surface area contributed by atoms with Gasteiger partial charge in [-0.05, 0) is 54.2 Å². The van der Waals surface area contributed by atoms with E-state index in [1.54, 1.807) is 14.2 Å². The van der Waals surface area contributed by atoms with E-state index in [1.807, 2.05) is 30.3 Å². The monoisotopic (exact) mass is 402 g/mol. The SMILES string of the molecule is COC.OC1OCC(Cc2ccc3c(c2)OCO3)C1Cc1ccc2c(c1)OCO2. The van der Waals surface area contributed by atoms with Crippen molar-refractivity contribution in [3.05, 3.63) is 47.5 Å². The Morgan fingerprint density at radius 2 is 1.34 bits per heavy atom. The molecule has 0 amide bonds. The van der Waals surface area contributed by atoms with E-state index < -0.39 is 6.29 Å². The molecule has 1 saturated heterocycles. The Morgan fingerprint density at radius 3 is 1.93 bits per heavy atom. The lowest BCUT2D eigenvalue weighted by Gasteiger charge is -2.20. The smallest absolute Gasteiger partial charge is 0.231 e. The van der Waals surface area contributed by atoms with Crippen LogP contribution in [0.25, 0.3) is 0 Å². The highest BCUT2D eigenvalue weighted by molar-refractivity contribution is 5.45. The van der Waals surface area contributed by atoms with Crippen molar-refractivity contribution >= 4 is 0 Å². The van der Waals surface area contributed by atoms with Gasteiger partial charge < -0.3 is 33.5 Å². The van der Waals surface area contributed by atoms with Crippen LogP contribution in [0.3, 0.4) is 0 Å². The molecule has 1 fully saturated rings. The van der Waals surface area contributed by atoms with Crippen LogP contribution in [0.2, 0.25) is 0 Å². The van der Waals surface area contributed by atoms with Gasteiger partial charge in [-0.15, -0.1) is 0 Å². The van der Waals surface area contributed by atoms with Crippen molar-refractivity contribution in [1.29, 1.82) is 0 Å². The zero-order chi connectivity index (χ0) is 20.2. The van der Waals surface area contributed by atoms with Crippen molar-refractivity contribution in [1.82, 2.24) is 0 Å². The molecule has 7 nitrogen and oxygen atoms in total. The van der Waals surface area contributed by atoms with E-state index in [9.17, 15) is 5.11 Å². The van der Waals surface area contributed by atoms with E-state index >= 15 is 0 Å². The van der Waals surface area contributed by atoms with Crippen molar-refractivity contribution in [2.24, 2.45) is 11.8 Å². The number of hydrogen-bond acceptors (Lipinski definition) is 7. The van der Waals surface area contributed by atoms with Crippen LogP contribution in [-0.4, -0.2) is 45.8 Å². The first-order chi connectivity index (χ1) is 14.2. The van der Waals surface area contributed by atoms with E-state index in [4.69, 9.17) is 23.7 Å². The van der Waals surface area contributed by atoms with Gasteiger partial charge in [0, 0.05) is 20.1 Å². The maximum absolute atomic E-state index is 10.3. The molecule has 156 valence electrons. The number of aliphatic hydroxyl groups is 1. The third kappa shape index (κ3) is 4.42. The highest BCUT2D eigenvalue weighted by atomic mass is 16.7. The van der Waals surface area contributed by atoms with Crippen molar-refractivity contribution in [3.8, 4) is 23.0 Å². The van der Waals surface area contributed by atoms with Crippen LogP contribution in [-0.2, 0) is 22.3 Å². The summed E-state index contributed by atoms with van der Waals surface area (Å²) in [6.07, 6.45) is 0.801. The highest BCUT2D eigenvalue weighted by Gasteiger charge is 2.36. The molecule has 0 saturated carbocycles. The fraction of sp³-hybridized carbons (Fsp3) is 0.455. The Balaban J connectivity index is 0.000000645. The number of aliphatic hydroxyl groups excluding tert-OH is 1. The van der Waals surface area contributed by atoms with Gasteiger partial charge in [-0.2, -0.15) is 0 Å². The number of rotatable bonds is 4. The molecule has 2 aromatic rings. The molecule has 7 heteroatoms. The summed E-state index contributed by atoms with van der Waals surface area (Å²) in [4.78, 5) is 0. The quantitative estimate of drug-likeness (QED) is 0.843. The summed E-state index contributed by atoms with van der Waals surface area (Å²) in [6.45, 7) is 1.09. The van der Waals surface area contributed by atoms with Crippen LogP contribution in [0.5, 0.6) is 23.0 Å². The van der Waals surface area contributed by atoms with Gasteiger partial charge in [0.15, 0.2) is 29.3 Å². The van der Waals surface area contributed by atoms with Gasteiger partial charge in [-0.1, -0.05) is 12.1 Å². The molecular weight excluding hydrogens is 376 g/mol. The second kappa shape index (κ2) is 8.90. The molecule has 2 aromatic carbocycles. The largest absolute Gasteiger partial charge is 0.454 e. The first kappa shape index (κ1) is 19.8. The Morgan fingerprint density at radius 1 is 0.828 bits per heavy atom. The minimum atomic E-state index is -0.751. The average molecular weight is 402 g/mol. The molecule has 0 aromatic heterocycles. The summed E-state index contributed by atoms with van der Waals surface area (Å²) < 4.78 is 31.4. The van der Waals surface area contributed by atoms with E-state index in [0.29, 0.717) is 6.61 Å². The molecule has 5 rings (SSSR count). The fourth-order valence-electron chi connectivity index (χ4n) is 3.89. The highest BCUT2D eigenvalue weighted by Crippen LogP contribution is 2.38. The number of fused-ring (bicyclic) bond motifs is 2. The minimum Gasteiger partial charge on any atom is -0.454 e. The van der Waals surface area contributed by atoms with Crippen LogP contribution in [0, 0.1) is 11.8 Å². The zero-order valence-corrected chi connectivity index (χ0v) is 16.6.